The van der Waals surface area contributed by atoms with Crippen molar-refractivity contribution in [2.45, 2.75) is 25.6 Å². The van der Waals surface area contributed by atoms with Gasteiger partial charge in [0.15, 0.2) is 11.7 Å². The summed E-state index contributed by atoms with van der Waals surface area (Å²) >= 11 is 0. The Morgan fingerprint density at radius 3 is 2.31 bits per heavy atom. The first kappa shape index (κ1) is 11.9. The topological polar surface area (TPSA) is 104 Å². The molecule has 0 aromatic rings. The molecule has 3 N–H and O–H groups in total. The highest BCUT2D eigenvalue weighted by Gasteiger charge is 2.44. The van der Waals surface area contributed by atoms with Gasteiger partial charge in [0.05, 0.1) is 6.61 Å². The number of hydrogen-bond donors (Lipinski definition) is 3. The van der Waals surface area contributed by atoms with E-state index in [1.165, 1.54) is 6.92 Å². The average molecular weight is 192 g/mol. The molecule has 0 heterocycles. The Labute approximate surface area is 74.7 Å². The Kier molecular flexibility index (Phi) is 3.83. The van der Waals surface area contributed by atoms with Gasteiger partial charge in [0, 0.05) is 0 Å². The summed E-state index contributed by atoms with van der Waals surface area (Å²) in [5.74, 6) is -2.84. The standard InChI is InChI=1S/C7H12O6/c1-3-13-6(11)7(2,12)4(8)5(9)10/h4,8,12H,3H2,1-2H3,(H,9,10). The van der Waals surface area contributed by atoms with Crippen molar-refractivity contribution in [2.24, 2.45) is 0 Å². The molecule has 0 fully saturated rings. The number of carboxylic acid groups (broad SMARTS) is 1. The molecule has 0 aliphatic rings. The second-order valence-corrected chi connectivity index (χ2v) is 2.61. The first-order valence-corrected chi connectivity index (χ1v) is 3.64. The van der Waals surface area contributed by atoms with Gasteiger partial charge in [-0.2, -0.15) is 0 Å². The highest BCUT2D eigenvalue weighted by atomic mass is 16.6. The van der Waals surface area contributed by atoms with Crippen molar-refractivity contribution >= 4 is 11.9 Å². The molecule has 6 nitrogen and oxygen atoms in total. The van der Waals surface area contributed by atoms with Gasteiger partial charge in [0.2, 0.25) is 0 Å². The Morgan fingerprint density at radius 1 is 1.54 bits per heavy atom. The van der Waals surface area contributed by atoms with Gasteiger partial charge in [-0.3, -0.25) is 0 Å². The van der Waals surface area contributed by atoms with E-state index in [1.54, 1.807) is 0 Å². The molecular formula is C7H12O6. The Bertz CT molecular complexity index is 209. The fraction of sp³-hybridized carbons (Fsp3) is 0.714. The highest BCUT2D eigenvalue weighted by Crippen LogP contribution is 2.12. The lowest BCUT2D eigenvalue weighted by Crippen LogP contribution is -2.51. The second kappa shape index (κ2) is 4.20. The molecule has 76 valence electrons. The molecule has 0 aliphatic carbocycles. The maximum absolute atomic E-state index is 10.9. The minimum Gasteiger partial charge on any atom is -0.479 e. The van der Waals surface area contributed by atoms with Crippen LogP contribution in [0.15, 0.2) is 0 Å². The number of carboxylic acids is 1. The monoisotopic (exact) mass is 192 g/mol. The third kappa shape index (κ3) is 2.67. The van der Waals surface area contributed by atoms with Crippen LogP contribution >= 0.6 is 0 Å². The molecular weight excluding hydrogens is 180 g/mol. The zero-order valence-electron chi connectivity index (χ0n) is 7.35. The maximum Gasteiger partial charge on any atom is 0.341 e. The third-order valence-corrected chi connectivity index (χ3v) is 1.46. The van der Waals surface area contributed by atoms with Gasteiger partial charge in [-0.15, -0.1) is 0 Å². The van der Waals surface area contributed by atoms with E-state index in [9.17, 15) is 14.7 Å². The minimum atomic E-state index is -2.41. The molecule has 6 heteroatoms. The fourth-order valence-corrected chi connectivity index (χ4v) is 0.629. The van der Waals surface area contributed by atoms with Crippen LogP contribution in [0.2, 0.25) is 0 Å². The zero-order valence-corrected chi connectivity index (χ0v) is 7.35. The van der Waals surface area contributed by atoms with Crippen LogP contribution in [-0.4, -0.2) is 45.6 Å². The summed E-state index contributed by atoms with van der Waals surface area (Å²) in [6.07, 6.45) is -2.19. The van der Waals surface area contributed by atoms with Gasteiger partial charge >= 0.3 is 11.9 Å². The quantitative estimate of drug-likeness (QED) is 0.480. The second-order valence-electron chi connectivity index (χ2n) is 2.61. The number of esters is 1. The summed E-state index contributed by atoms with van der Waals surface area (Å²) in [6.45, 7) is 2.38. The molecule has 0 aliphatic heterocycles. The van der Waals surface area contributed by atoms with E-state index in [1.807, 2.05) is 0 Å². The van der Waals surface area contributed by atoms with Gasteiger partial charge in [-0.1, -0.05) is 0 Å². The molecule has 13 heavy (non-hydrogen) atoms. The summed E-state index contributed by atoms with van der Waals surface area (Å²) in [5, 5.41) is 26.5. The number of rotatable bonds is 4. The van der Waals surface area contributed by atoms with Crippen LogP contribution in [0.3, 0.4) is 0 Å². The number of aliphatic hydroxyl groups excluding tert-OH is 1. The lowest BCUT2D eigenvalue weighted by atomic mass is 10.00. The zero-order chi connectivity index (χ0) is 10.6. The fourth-order valence-electron chi connectivity index (χ4n) is 0.629. The summed E-state index contributed by atoms with van der Waals surface area (Å²) in [7, 11) is 0. The summed E-state index contributed by atoms with van der Waals surface area (Å²) in [6, 6.07) is 0. The van der Waals surface area contributed by atoms with Crippen LogP contribution < -0.4 is 0 Å². The van der Waals surface area contributed by atoms with Crippen LogP contribution in [0.4, 0.5) is 0 Å². The Morgan fingerprint density at radius 2 is 2.00 bits per heavy atom. The summed E-state index contributed by atoms with van der Waals surface area (Å²) in [4.78, 5) is 21.2. The highest BCUT2D eigenvalue weighted by molar-refractivity contribution is 5.87. The smallest absolute Gasteiger partial charge is 0.341 e. The van der Waals surface area contributed by atoms with E-state index in [-0.39, 0.29) is 6.61 Å². The molecule has 2 unspecified atom stereocenters. The van der Waals surface area contributed by atoms with Crippen LogP contribution in [0.1, 0.15) is 13.8 Å². The number of aliphatic hydroxyl groups is 2. The molecule has 0 aromatic heterocycles. The van der Waals surface area contributed by atoms with Crippen LogP contribution in [0.25, 0.3) is 0 Å². The molecule has 0 bridgehead atoms. The van der Waals surface area contributed by atoms with Crippen molar-refractivity contribution in [1.29, 1.82) is 0 Å². The van der Waals surface area contributed by atoms with Crippen LogP contribution in [0, 0.1) is 0 Å². The molecule has 0 aromatic carbocycles. The average Bonchev–Trinajstić information content (AvgIpc) is 2.03. The van der Waals surface area contributed by atoms with E-state index >= 15 is 0 Å². The number of ether oxygens (including phenoxy) is 1. The molecule has 0 rings (SSSR count). The molecule has 0 saturated heterocycles. The first-order valence-electron chi connectivity index (χ1n) is 3.64. The van der Waals surface area contributed by atoms with Gasteiger partial charge < -0.3 is 20.1 Å². The first-order chi connectivity index (χ1) is 5.84. The summed E-state index contributed by atoms with van der Waals surface area (Å²) in [5.41, 5.74) is -2.41. The lowest BCUT2D eigenvalue weighted by Gasteiger charge is -2.23. The van der Waals surface area contributed by atoms with E-state index in [4.69, 9.17) is 10.2 Å². The number of carbonyl (C=O) groups excluding carboxylic acids is 1. The van der Waals surface area contributed by atoms with Crippen LogP contribution in [-0.2, 0) is 14.3 Å². The lowest BCUT2D eigenvalue weighted by molar-refractivity contribution is -0.184. The van der Waals surface area contributed by atoms with Crippen molar-refractivity contribution in [2.75, 3.05) is 6.61 Å². The van der Waals surface area contributed by atoms with Crippen molar-refractivity contribution in [3.8, 4) is 0 Å². The third-order valence-electron chi connectivity index (χ3n) is 1.46. The number of hydrogen-bond acceptors (Lipinski definition) is 5. The predicted molar refractivity (Wildman–Crippen MR) is 40.9 cm³/mol. The van der Waals surface area contributed by atoms with E-state index < -0.39 is 23.6 Å². The predicted octanol–water partition coefficient (Wildman–Crippen LogP) is -1.25. The van der Waals surface area contributed by atoms with Gasteiger partial charge in [0.1, 0.15) is 0 Å². The van der Waals surface area contributed by atoms with Gasteiger partial charge in [-0.05, 0) is 13.8 Å². The van der Waals surface area contributed by atoms with Crippen LogP contribution in [0.5, 0.6) is 0 Å². The number of carbonyl (C=O) groups is 2. The molecule has 0 saturated carbocycles. The SMILES string of the molecule is CCOC(=O)C(C)(O)C(O)C(=O)O. The van der Waals surface area contributed by atoms with Gasteiger partial charge in [0.25, 0.3) is 0 Å². The van der Waals surface area contributed by atoms with Crippen molar-refractivity contribution in [3.63, 3.8) is 0 Å². The van der Waals surface area contributed by atoms with E-state index in [2.05, 4.69) is 4.74 Å². The van der Waals surface area contributed by atoms with Crippen molar-refractivity contribution in [1.82, 2.24) is 0 Å². The van der Waals surface area contributed by atoms with Crippen molar-refractivity contribution in [3.05, 3.63) is 0 Å². The summed E-state index contributed by atoms with van der Waals surface area (Å²) < 4.78 is 4.37. The Hall–Kier alpha value is -1.14. The number of aliphatic carboxylic acids is 1. The maximum atomic E-state index is 10.9. The van der Waals surface area contributed by atoms with E-state index in [0.29, 0.717) is 0 Å². The molecule has 0 radical (unpaired) electrons. The minimum absolute atomic E-state index is 0.00131. The Balaban J connectivity index is 4.54. The normalized spacial score (nSPS) is 17.2. The van der Waals surface area contributed by atoms with E-state index in [0.717, 1.165) is 6.92 Å². The van der Waals surface area contributed by atoms with Gasteiger partial charge in [-0.25, -0.2) is 9.59 Å². The van der Waals surface area contributed by atoms with Crippen molar-refractivity contribution < 1.29 is 29.6 Å². The largest absolute Gasteiger partial charge is 0.479 e. The molecule has 0 amide bonds. The molecule has 0 spiro atoms. The molecule has 2 atom stereocenters.